The third-order valence-electron chi connectivity index (χ3n) is 5.74. The number of aromatic nitrogens is 1. The number of benzene rings is 4. The molecule has 0 bridgehead atoms. The van der Waals surface area contributed by atoms with Crippen LogP contribution in [0.5, 0.6) is 0 Å². The fourth-order valence-electron chi connectivity index (χ4n) is 4.23. The number of methoxy groups -OCH3 is 2. The van der Waals surface area contributed by atoms with E-state index in [-0.39, 0.29) is 22.4 Å². The normalized spacial score (nSPS) is 11.1. The average molecular weight is 439 g/mol. The lowest BCUT2D eigenvalue weighted by Gasteiger charge is -2.17. The zero-order valence-corrected chi connectivity index (χ0v) is 17.9. The molecule has 1 aromatic heterocycles. The van der Waals surface area contributed by atoms with Gasteiger partial charge in [0.2, 0.25) is 0 Å². The molecule has 4 aromatic carbocycles. The van der Waals surface area contributed by atoms with Gasteiger partial charge in [-0.2, -0.15) is 0 Å². The van der Waals surface area contributed by atoms with Crippen LogP contribution in [-0.2, 0) is 9.47 Å². The van der Waals surface area contributed by atoms with E-state index in [1.165, 1.54) is 32.4 Å². The standard InChI is InChI=1S/C27H18FNO4/c1-32-26(30)23-22-19-14-16-8-4-3-7-15(16)13-17(19)11-12-21(22)29-25(24(23)27(31)33-2)18-9-5-6-10-20(18)28/h3-14H,1-2H3. The summed E-state index contributed by atoms with van der Waals surface area (Å²) in [6.45, 7) is 0. The summed E-state index contributed by atoms with van der Waals surface area (Å²) >= 11 is 0. The Balaban J connectivity index is 2.02. The number of nitrogens with zero attached hydrogens (tertiary/aromatic N) is 1. The number of halogens is 1. The lowest BCUT2D eigenvalue weighted by Crippen LogP contribution is -2.16. The highest BCUT2D eigenvalue weighted by Crippen LogP contribution is 2.37. The van der Waals surface area contributed by atoms with Gasteiger partial charge in [0, 0.05) is 10.9 Å². The number of esters is 2. The summed E-state index contributed by atoms with van der Waals surface area (Å²) in [5, 5.41) is 4.04. The van der Waals surface area contributed by atoms with Crippen molar-refractivity contribution in [2.24, 2.45) is 0 Å². The molecule has 6 heteroatoms. The minimum Gasteiger partial charge on any atom is -0.465 e. The van der Waals surface area contributed by atoms with Crippen molar-refractivity contribution in [1.82, 2.24) is 4.98 Å². The van der Waals surface area contributed by atoms with Gasteiger partial charge in [-0.15, -0.1) is 0 Å². The molecule has 0 fully saturated rings. The first-order chi connectivity index (χ1) is 16.0. The van der Waals surface area contributed by atoms with Gasteiger partial charge in [-0.1, -0.05) is 42.5 Å². The van der Waals surface area contributed by atoms with Crippen LogP contribution in [0.1, 0.15) is 20.7 Å². The molecule has 0 N–H and O–H groups in total. The van der Waals surface area contributed by atoms with Crippen LogP contribution < -0.4 is 0 Å². The third kappa shape index (κ3) is 3.27. The van der Waals surface area contributed by atoms with Gasteiger partial charge in [0.25, 0.3) is 0 Å². The Kier molecular flexibility index (Phi) is 4.98. The van der Waals surface area contributed by atoms with Gasteiger partial charge in [0.1, 0.15) is 11.4 Å². The van der Waals surface area contributed by atoms with Gasteiger partial charge in [-0.25, -0.2) is 19.0 Å². The van der Waals surface area contributed by atoms with Crippen LogP contribution in [-0.4, -0.2) is 31.1 Å². The zero-order chi connectivity index (χ0) is 23.1. The molecule has 162 valence electrons. The molecule has 0 aliphatic heterocycles. The Labute approximate surface area is 188 Å². The minimum absolute atomic E-state index is 0.00603. The maximum Gasteiger partial charge on any atom is 0.341 e. The predicted octanol–water partition coefficient (Wildman–Crippen LogP) is 5.92. The van der Waals surface area contributed by atoms with E-state index >= 15 is 0 Å². The van der Waals surface area contributed by atoms with Crippen LogP contribution in [0.15, 0.2) is 72.8 Å². The molecule has 5 rings (SSSR count). The molecule has 1 heterocycles. The highest BCUT2D eigenvalue weighted by Gasteiger charge is 2.29. The predicted molar refractivity (Wildman–Crippen MR) is 125 cm³/mol. The van der Waals surface area contributed by atoms with Crippen LogP contribution in [0.25, 0.3) is 43.7 Å². The summed E-state index contributed by atoms with van der Waals surface area (Å²) < 4.78 is 24.8. The van der Waals surface area contributed by atoms with Crippen LogP contribution in [0, 0.1) is 5.82 Å². The summed E-state index contributed by atoms with van der Waals surface area (Å²) in [6, 6.07) is 21.4. The number of rotatable bonds is 3. The van der Waals surface area contributed by atoms with E-state index < -0.39 is 17.8 Å². The lowest BCUT2D eigenvalue weighted by molar-refractivity contribution is 0.0557. The fraction of sp³-hybridized carbons (Fsp3) is 0.0741. The summed E-state index contributed by atoms with van der Waals surface area (Å²) in [7, 11) is 2.44. The molecule has 0 amide bonds. The van der Waals surface area contributed by atoms with Crippen molar-refractivity contribution in [3.63, 3.8) is 0 Å². The smallest absolute Gasteiger partial charge is 0.341 e. The molecule has 0 unspecified atom stereocenters. The molecule has 0 saturated carbocycles. The highest BCUT2D eigenvalue weighted by atomic mass is 19.1. The van der Waals surface area contributed by atoms with Crippen LogP contribution in [0.4, 0.5) is 4.39 Å². The lowest BCUT2D eigenvalue weighted by atomic mass is 9.92. The van der Waals surface area contributed by atoms with E-state index in [2.05, 4.69) is 4.98 Å². The van der Waals surface area contributed by atoms with Crippen LogP contribution in [0.3, 0.4) is 0 Å². The van der Waals surface area contributed by atoms with Crippen molar-refractivity contribution in [1.29, 1.82) is 0 Å². The monoisotopic (exact) mass is 439 g/mol. The summed E-state index contributed by atoms with van der Waals surface area (Å²) in [6.07, 6.45) is 0. The number of ether oxygens (including phenoxy) is 2. The van der Waals surface area contributed by atoms with Crippen molar-refractivity contribution in [3.05, 3.63) is 89.7 Å². The van der Waals surface area contributed by atoms with Crippen molar-refractivity contribution < 1.29 is 23.5 Å². The average Bonchev–Trinajstić information content (AvgIpc) is 2.85. The van der Waals surface area contributed by atoms with Crippen molar-refractivity contribution in [3.8, 4) is 11.3 Å². The van der Waals surface area contributed by atoms with Crippen LogP contribution in [0.2, 0.25) is 0 Å². The van der Waals surface area contributed by atoms with Gasteiger partial charge >= 0.3 is 11.9 Å². The topological polar surface area (TPSA) is 65.5 Å². The Morgan fingerprint density at radius 3 is 2.09 bits per heavy atom. The summed E-state index contributed by atoms with van der Waals surface area (Å²) in [5.74, 6) is -2.11. The zero-order valence-electron chi connectivity index (χ0n) is 17.9. The molecule has 0 spiro atoms. The van der Waals surface area contributed by atoms with Crippen molar-refractivity contribution in [2.45, 2.75) is 0 Å². The van der Waals surface area contributed by atoms with Gasteiger partial charge in [-0.3, -0.25) is 0 Å². The van der Waals surface area contributed by atoms with E-state index in [0.717, 1.165) is 21.5 Å². The van der Waals surface area contributed by atoms with E-state index in [0.29, 0.717) is 10.9 Å². The Morgan fingerprint density at radius 1 is 0.758 bits per heavy atom. The Bertz CT molecular complexity index is 1590. The number of carbonyl (C=O) groups excluding carboxylic acids is 2. The summed E-state index contributed by atoms with van der Waals surface area (Å²) in [4.78, 5) is 30.7. The molecule has 0 atom stereocenters. The van der Waals surface area contributed by atoms with E-state index in [4.69, 9.17) is 9.47 Å². The van der Waals surface area contributed by atoms with Gasteiger partial charge in [0.05, 0.1) is 31.0 Å². The van der Waals surface area contributed by atoms with Crippen molar-refractivity contribution in [2.75, 3.05) is 14.2 Å². The number of fused-ring (bicyclic) bond motifs is 4. The van der Waals surface area contributed by atoms with E-state index in [9.17, 15) is 14.0 Å². The number of hydrogen-bond acceptors (Lipinski definition) is 5. The fourth-order valence-corrected chi connectivity index (χ4v) is 4.23. The van der Waals surface area contributed by atoms with Gasteiger partial charge in [-0.05, 0) is 51.9 Å². The van der Waals surface area contributed by atoms with Crippen molar-refractivity contribution >= 4 is 44.4 Å². The Morgan fingerprint density at radius 2 is 1.39 bits per heavy atom. The molecule has 33 heavy (non-hydrogen) atoms. The first-order valence-corrected chi connectivity index (χ1v) is 10.2. The van der Waals surface area contributed by atoms with Crippen LogP contribution >= 0.6 is 0 Å². The largest absolute Gasteiger partial charge is 0.465 e. The highest BCUT2D eigenvalue weighted by molar-refractivity contribution is 6.22. The summed E-state index contributed by atoms with van der Waals surface area (Å²) in [5.41, 5.74) is 0.400. The molecular formula is C27H18FNO4. The second-order valence-corrected chi connectivity index (χ2v) is 7.55. The van der Waals surface area contributed by atoms with Gasteiger partial charge < -0.3 is 9.47 Å². The second kappa shape index (κ2) is 7.98. The molecule has 0 saturated heterocycles. The van der Waals surface area contributed by atoms with E-state index in [1.807, 2.05) is 42.5 Å². The van der Waals surface area contributed by atoms with E-state index in [1.54, 1.807) is 12.1 Å². The quantitative estimate of drug-likeness (QED) is 0.198. The molecule has 0 radical (unpaired) electrons. The SMILES string of the molecule is COC(=O)c1c(-c2ccccc2F)nc2ccc3cc4ccccc4cc3c2c1C(=O)OC. The number of pyridine rings is 1. The number of hydrogen-bond donors (Lipinski definition) is 0. The second-order valence-electron chi connectivity index (χ2n) is 7.55. The molecular weight excluding hydrogens is 421 g/mol. The molecule has 0 aliphatic carbocycles. The first-order valence-electron chi connectivity index (χ1n) is 10.2. The maximum atomic E-state index is 14.8. The molecule has 0 aliphatic rings. The maximum absolute atomic E-state index is 14.8. The molecule has 5 aromatic rings. The Hall–Kier alpha value is -4.32. The molecule has 5 nitrogen and oxygen atoms in total. The third-order valence-corrected chi connectivity index (χ3v) is 5.74. The first kappa shape index (κ1) is 20.6. The number of carbonyl (C=O) groups is 2. The minimum atomic E-state index is -0.805. The van der Waals surface area contributed by atoms with Gasteiger partial charge in [0.15, 0.2) is 0 Å².